The summed E-state index contributed by atoms with van der Waals surface area (Å²) in [6, 6.07) is 0. The summed E-state index contributed by atoms with van der Waals surface area (Å²) in [5.41, 5.74) is -0.231. The highest BCUT2D eigenvalue weighted by molar-refractivity contribution is 5.82. The Balaban J connectivity index is 4.56. The Labute approximate surface area is 88.7 Å². The average Bonchev–Trinajstić information content (AvgIpc) is 2.12. The van der Waals surface area contributed by atoms with Crippen molar-refractivity contribution in [2.45, 2.75) is 48.0 Å². The third-order valence-corrected chi connectivity index (χ3v) is 3.16. The molecular weight excluding hydrogens is 174 g/mol. The lowest BCUT2D eigenvalue weighted by molar-refractivity contribution is -0.142. The van der Waals surface area contributed by atoms with Gasteiger partial charge in [-0.1, -0.05) is 34.6 Å². The molecule has 0 spiro atoms. The van der Waals surface area contributed by atoms with E-state index < -0.39 is 0 Å². The van der Waals surface area contributed by atoms with Crippen molar-refractivity contribution in [1.82, 2.24) is 4.90 Å². The molecule has 0 aromatic carbocycles. The molecular formula is C12H25NO. The van der Waals surface area contributed by atoms with Gasteiger partial charge >= 0.3 is 0 Å². The molecule has 0 atom stereocenters. The van der Waals surface area contributed by atoms with Crippen molar-refractivity contribution >= 4 is 5.91 Å². The zero-order valence-corrected chi connectivity index (χ0v) is 10.6. The minimum atomic E-state index is -0.231. The number of nitrogens with zero attached hydrogens (tertiary/aromatic N) is 1. The van der Waals surface area contributed by atoms with Crippen molar-refractivity contribution in [2.24, 2.45) is 11.3 Å². The van der Waals surface area contributed by atoms with E-state index in [1.807, 2.05) is 25.7 Å². The molecule has 0 rings (SSSR count). The van der Waals surface area contributed by atoms with Crippen LogP contribution in [0, 0.1) is 11.3 Å². The van der Waals surface area contributed by atoms with E-state index in [1.54, 1.807) is 0 Å². The van der Waals surface area contributed by atoms with Crippen LogP contribution in [-0.4, -0.2) is 23.9 Å². The van der Waals surface area contributed by atoms with Crippen LogP contribution in [0.4, 0.5) is 0 Å². The predicted molar refractivity (Wildman–Crippen MR) is 61.2 cm³/mol. The summed E-state index contributed by atoms with van der Waals surface area (Å²) in [6.07, 6.45) is 1.04. The minimum Gasteiger partial charge on any atom is -0.343 e. The van der Waals surface area contributed by atoms with Crippen molar-refractivity contribution in [2.75, 3.05) is 13.1 Å². The quantitative estimate of drug-likeness (QED) is 0.666. The third kappa shape index (κ3) is 3.00. The van der Waals surface area contributed by atoms with Crippen molar-refractivity contribution in [3.05, 3.63) is 0 Å². The van der Waals surface area contributed by atoms with E-state index in [-0.39, 0.29) is 11.3 Å². The van der Waals surface area contributed by atoms with E-state index in [4.69, 9.17) is 0 Å². The first kappa shape index (κ1) is 13.5. The predicted octanol–water partition coefficient (Wildman–Crippen LogP) is 2.93. The van der Waals surface area contributed by atoms with Crippen molar-refractivity contribution in [1.29, 1.82) is 0 Å². The Hall–Kier alpha value is -0.530. The summed E-state index contributed by atoms with van der Waals surface area (Å²) in [6.45, 7) is 14.2. The van der Waals surface area contributed by atoms with Crippen LogP contribution >= 0.6 is 0 Å². The Kier molecular flexibility index (Phi) is 5.17. The van der Waals surface area contributed by atoms with Crippen LogP contribution in [0.2, 0.25) is 0 Å². The molecule has 14 heavy (non-hydrogen) atoms. The summed E-state index contributed by atoms with van der Waals surface area (Å²) >= 11 is 0. The molecule has 0 aliphatic carbocycles. The highest BCUT2D eigenvalue weighted by Gasteiger charge is 2.33. The number of hydrogen-bond acceptors (Lipinski definition) is 1. The van der Waals surface area contributed by atoms with Crippen LogP contribution in [0.15, 0.2) is 0 Å². The van der Waals surface area contributed by atoms with Gasteiger partial charge in [0.2, 0.25) is 5.91 Å². The number of hydrogen-bond donors (Lipinski definition) is 0. The molecule has 0 N–H and O–H groups in total. The van der Waals surface area contributed by atoms with Crippen molar-refractivity contribution < 1.29 is 4.79 Å². The topological polar surface area (TPSA) is 20.3 Å². The van der Waals surface area contributed by atoms with Crippen LogP contribution in [0.25, 0.3) is 0 Å². The molecule has 2 nitrogen and oxygen atoms in total. The Morgan fingerprint density at radius 2 is 1.79 bits per heavy atom. The number of carbonyl (C=O) groups excluding carboxylic acids is 1. The first-order chi connectivity index (χ1) is 6.37. The Bertz CT molecular complexity index is 185. The van der Waals surface area contributed by atoms with Crippen molar-refractivity contribution in [3.63, 3.8) is 0 Å². The van der Waals surface area contributed by atoms with Crippen LogP contribution in [-0.2, 0) is 4.79 Å². The molecule has 0 aliphatic rings. The van der Waals surface area contributed by atoms with Gasteiger partial charge in [0.15, 0.2) is 0 Å². The van der Waals surface area contributed by atoms with E-state index in [1.165, 1.54) is 0 Å². The summed E-state index contributed by atoms with van der Waals surface area (Å²) < 4.78 is 0. The van der Waals surface area contributed by atoms with Crippen molar-refractivity contribution in [3.8, 4) is 0 Å². The number of carbonyl (C=O) groups is 1. The first-order valence-corrected chi connectivity index (χ1v) is 5.67. The van der Waals surface area contributed by atoms with Gasteiger partial charge in [0.05, 0.1) is 0 Å². The van der Waals surface area contributed by atoms with Crippen LogP contribution in [0.1, 0.15) is 48.0 Å². The summed E-state index contributed by atoms with van der Waals surface area (Å²) in [7, 11) is 0. The summed E-state index contributed by atoms with van der Waals surface area (Å²) in [5.74, 6) is 0.678. The molecule has 84 valence electrons. The molecule has 0 aromatic heterocycles. The van der Waals surface area contributed by atoms with E-state index in [2.05, 4.69) is 20.8 Å². The van der Waals surface area contributed by atoms with E-state index in [0.29, 0.717) is 5.92 Å². The van der Waals surface area contributed by atoms with Gasteiger partial charge in [-0.05, 0) is 19.3 Å². The fraction of sp³-hybridized carbons (Fsp3) is 0.917. The fourth-order valence-electron chi connectivity index (χ4n) is 1.33. The lowest BCUT2D eigenvalue weighted by Crippen LogP contribution is -2.43. The lowest BCUT2D eigenvalue weighted by Gasteiger charge is -2.34. The molecule has 0 aromatic rings. The largest absolute Gasteiger partial charge is 0.343 e. The first-order valence-electron chi connectivity index (χ1n) is 5.67. The minimum absolute atomic E-state index is 0.231. The number of rotatable bonds is 5. The van der Waals surface area contributed by atoms with E-state index in [0.717, 1.165) is 19.5 Å². The normalized spacial score (nSPS) is 11.9. The van der Waals surface area contributed by atoms with Gasteiger partial charge in [-0.15, -0.1) is 0 Å². The second-order valence-corrected chi connectivity index (χ2v) is 4.76. The zero-order chi connectivity index (χ0) is 11.4. The van der Waals surface area contributed by atoms with Gasteiger partial charge in [-0.3, -0.25) is 4.79 Å². The Morgan fingerprint density at radius 1 is 1.29 bits per heavy atom. The second-order valence-electron chi connectivity index (χ2n) is 4.76. The molecule has 0 aliphatic heterocycles. The highest BCUT2D eigenvalue weighted by atomic mass is 16.2. The van der Waals surface area contributed by atoms with Gasteiger partial charge in [0.1, 0.15) is 0 Å². The summed E-state index contributed by atoms with van der Waals surface area (Å²) in [5, 5.41) is 0. The molecule has 0 saturated carbocycles. The summed E-state index contributed by atoms with van der Waals surface area (Å²) in [4.78, 5) is 14.1. The zero-order valence-electron chi connectivity index (χ0n) is 10.6. The number of amides is 1. The molecule has 0 radical (unpaired) electrons. The molecule has 0 bridgehead atoms. The van der Waals surface area contributed by atoms with E-state index >= 15 is 0 Å². The second kappa shape index (κ2) is 5.38. The van der Waals surface area contributed by atoms with Gasteiger partial charge in [-0.25, -0.2) is 0 Å². The molecule has 0 fully saturated rings. The molecule has 0 saturated heterocycles. The third-order valence-electron chi connectivity index (χ3n) is 3.16. The molecule has 1 amide bonds. The smallest absolute Gasteiger partial charge is 0.228 e. The molecule has 0 unspecified atom stereocenters. The fourth-order valence-corrected chi connectivity index (χ4v) is 1.33. The lowest BCUT2D eigenvalue weighted by atomic mass is 9.80. The van der Waals surface area contributed by atoms with Crippen LogP contribution in [0.5, 0.6) is 0 Å². The maximum Gasteiger partial charge on any atom is 0.228 e. The maximum absolute atomic E-state index is 12.2. The van der Waals surface area contributed by atoms with E-state index in [9.17, 15) is 4.79 Å². The van der Waals surface area contributed by atoms with Gasteiger partial charge in [0, 0.05) is 18.5 Å². The van der Waals surface area contributed by atoms with Gasteiger partial charge in [-0.2, -0.15) is 0 Å². The molecule has 0 heterocycles. The van der Waals surface area contributed by atoms with Gasteiger partial charge < -0.3 is 4.90 Å². The standard InChI is InChI=1S/C12H25NO/c1-7-9-13(8-2)11(14)12(5,6)10(3)4/h10H,7-9H2,1-6H3. The van der Waals surface area contributed by atoms with Crippen LogP contribution < -0.4 is 0 Å². The highest BCUT2D eigenvalue weighted by Crippen LogP contribution is 2.28. The Morgan fingerprint density at radius 3 is 2.07 bits per heavy atom. The SMILES string of the molecule is CCCN(CC)C(=O)C(C)(C)C(C)C. The molecule has 2 heteroatoms. The average molecular weight is 199 g/mol. The monoisotopic (exact) mass is 199 g/mol. The van der Waals surface area contributed by atoms with Crippen LogP contribution in [0.3, 0.4) is 0 Å². The maximum atomic E-state index is 12.2. The van der Waals surface area contributed by atoms with Gasteiger partial charge in [0.25, 0.3) is 0 Å².